The Morgan fingerprint density at radius 3 is 2.58 bits per heavy atom. The molecule has 31 heavy (non-hydrogen) atoms. The number of phenolic OH excluding ortho intramolecular Hbond substituents is 1. The number of ether oxygens (including phenoxy) is 1. The minimum absolute atomic E-state index is 0.0840. The number of nitrogens with zero attached hydrogens (tertiary/aromatic N) is 4. The first kappa shape index (κ1) is 20.0. The van der Waals surface area contributed by atoms with Crippen molar-refractivity contribution in [2.24, 2.45) is 0 Å². The molecule has 1 saturated heterocycles. The Kier molecular flexibility index (Phi) is 4.20. The van der Waals surface area contributed by atoms with Gasteiger partial charge in [-0.2, -0.15) is 18.3 Å². The summed E-state index contributed by atoms with van der Waals surface area (Å²) in [5.41, 5.74) is -1.93. The molecule has 2 aromatic heterocycles. The number of halogens is 5. The van der Waals surface area contributed by atoms with Crippen LogP contribution in [0, 0.1) is 18.6 Å². The molecule has 1 spiro atoms. The lowest BCUT2D eigenvalue weighted by Crippen LogP contribution is -2.48. The first-order valence-electron chi connectivity index (χ1n) is 9.62. The zero-order chi connectivity index (χ0) is 22.1. The molecule has 0 atom stereocenters. The van der Waals surface area contributed by atoms with Gasteiger partial charge in [-0.05, 0) is 31.9 Å². The molecular weight excluding hydrogens is 423 g/mol. The Hall–Kier alpha value is -2.95. The Balaban J connectivity index is 1.65. The van der Waals surface area contributed by atoms with Gasteiger partial charge in [-0.1, -0.05) is 0 Å². The summed E-state index contributed by atoms with van der Waals surface area (Å²) < 4.78 is 74.4. The van der Waals surface area contributed by atoms with Crippen LogP contribution < -0.4 is 4.90 Å². The standard InChI is InChI=1S/C20H17F5N4O2/c1-10-11-6-15(28-4-5-31-9-19(28)2-3-19)26-8-14(11)29(27-10)13-7-12(20(23,24)25)16(21)18(30)17(13)22/h6-8,30H,2-5,9H2,1H3. The van der Waals surface area contributed by atoms with E-state index in [0.29, 0.717) is 42.7 Å². The van der Waals surface area contributed by atoms with Gasteiger partial charge in [-0.15, -0.1) is 0 Å². The van der Waals surface area contributed by atoms with Crippen LogP contribution in [0.2, 0.25) is 0 Å². The summed E-state index contributed by atoms with van der Waals surface area (Å²) in [6, 6.07) is 2.05. The van der Waals surface area contributed by atoms with Crippen molar-refractivity contribution in [3.63, 3.8) is 0 Å². The van der Waals surface area contributed by atoms with Crippen LogP contribution in [-0.2, 0) is 10.9 Å². The Bertz CT molecular complexity index is 1200. The van der Waals surface area contributed by atoms with Crippen LogP contribution in [0.5, 0.6) is 5.75 Å². The number of rotatable bonds is 2. The molecule has 1 saturated carbocycles. The van der Waals surface area contributed by atoms with E-state index < -0.39 is 34.8 Å². The molecule has 5 rings (SSSR count). The number of aryl methyl sites for hydroxylation is 1. The molecule has 0 bridgehead atoms. The summed E-state index contributed by atoms with van der Waals surface area (Å²) in [5, 5.41) is 14.3. The highest BCUT2D eigenvalue weighted by molar-refractivity contribution is 5.85. The van der Waals surface area contributed by atoms with E-state index in [4.69, 9.17) is 4.74 Å². The predicted molar refractivity (Wildman–Crippen MR) is 100 cm³/mol. The average molecular weight is 440 g/mol. The van der Waals surface area contributed by atoms with Crippen molar-refractivity contribution in [3.05, 3.63) is 41.2 Å². The normalized spacial score (nSPS) is 18.2. The lowest BCUT2D eigenvalue weighted by molar-refractivity contribution is -0.140. The number of alkyl halides is 3. The number of hydrogen-bond donors (Lipinski definition) is 1. The van der Waals surface area contributed by atoms with Crippen molar-refractivity contribution in [2.45, 2.75) is 31.5 Å². The Morgan fingerprint density at radius 1 is 1.16 bits per heavy atom. The molecular formula is C20H17F5N4O2. The first-order valence-corrected chi connectivity index (χ1v) is 9.62. The molecule has 3 heterocycles. The van der Waals surface area contributed by atoms with Crippen LogP contribution in [-0.4, -0.2) is 45.2 Å². The molecule has 1 aromatic carbocycles. The summed E-state index contributed by atoms with van der Waals surface area (Å²) in [6.07, 6.45) is -1.78. The minimum Gasteiger partial charge on any atom is -0.503 e. The van der Waals surface area contributed by atoms with Gasteiger partial charge < -0.3 is 14.7 Å². The van der Waals surface area contributed by atoms with Crippen LogP contribution >= 0.6 is 0 Å². The number of benzene rings is 1. The number of fused-ring (bicyclic) bond motifs is 1. The van der Waals surface area contributed by atoms with Gasteiger partial charge in [-0.3, -0.25) is 0 Å². The minimum atomic E-state index is -5.12. The molecule has 11 heteroatoms. The molecule has 2 aliphatic rings. The first-order chi connectivity index (χ1) is 14.6. The van der Waals surface area contributed by atoms with Gasteiger partial charge in [0.25, 0.3) is 0 Å². The van der Waals surface area contributed by atoms with Crippen LogP contribution in [0.4, 0.5) is 27.8 Å². The fourth-order valence-corrected chi connectivity index (χ4v) is 4.10. The van der Waals surface area contributed by atoms with Crippen LogP contribution in [0.15, 0.2) is 18.3 Å². The second-order valence-electron chi connectivity index (χ2n) is 7.90. The Morgan fingerprint density at radius 2 is 1.90 bits per heavy atom. The summed E-state index contributed by atoms with van der Waals surface area (Å²) >= 11 is 0. The molecule has 1 aliphatic carbocycles. The molecule has 3 aromatic rings. The van der Waals surface area contributed by atoms with Gasteiger partial charge in [0.2, 0.25) is 0 Å². The molecule has 6 nitrogen and oxygen atoms in total. The van der Waals surface area contributed by atoms with E-state index >= 15 is 0 Å². The van der Waals surface area contributed by atoms with Crippen molar-refractivity contribution in [2.75, 3.05) is 24.7 Å². The molecule has 1 aliphatic heterocycles. The third-order valence-electron chi connectivity index (χ3n) is 5.93. The number of morpholine rings is 1. The second kappa shape index (κ2) is 6.52. The zero-order valence-corrected chi connectivity index (χ0v) is 16.3. The SMILES string of the molecule is Cc1nn(-c2cc(C(F)(F)F)c(F)c(O)c2F)c2cnc(N3CCOCC34CC4)cc12. The number of anilines is 1. The maximum absolute atomic E-state index is 14.6. The van der Waals surface area contributed by atoms with Gasteiger partial charge in [-0.25, -0.2) is 18.4 Å². The summed E-state index contributed by atoms with van der Waals surface area (Å²) in [4.78, 5) is 6.59. The number of pyridine rings is 1. The van der Waals surface area contributed by atoms with Gasteiger partial charge in [0.1, 0.15) is 11.5 Å². The van der Waals surface area contributed by atoms with Gasteiger partial charge in [0, 0.05) is 11.9 Å². The third-order valence-corrected chi connectivity index (χ3v) is 5.93. The maximum Gasteiger partial charge on any atom is 0.419 e. The van der Waals surface area contributed by atoms with E-state index in [0.717, 1.165) is 17.5 Å². The van der Waals surface area contributed by atoms with Crippen LogP contribution in [0.1, 0.15) is 24.1 Å². The lowest BCUT2D eigenvalue weighted by Gasteiger charge is -2.37. The van der Waals surface area contributed by atoms with E-state index in [1.165, 1.54) is 6.20 Å². The number of hydrogen-bond acceptors (Lipinski definition) is 5. The second-order valence-corrected chi connectivity index (χ2v) is 7.90. The van der Waals surface area contributed by atoms with Gasteiger partial charge in [0.15, 0.2) is 17.4 Å². The predicted octanol–water partition coefficient (Wildman–Crippen LogP) is 4.10. The molecule has 0 amide bonds. The highest BCUT2D eigenvalue weighted by Crippen LogP contribution is 2.46. The van der Waals surface area contributed by atoms with E-state index in [9.17, 15) is 27.1 Å². The summed E-state index contributed by atoms with van der Waals surface area (Å²) in [5.74, 6) is -4.64. The van der Waals surface area contributed by atoms with Gasteiger partial charge >= 0.3 is 6.18 Å². The third kappa shape index (κ3) is 3.01. The van der Waals surface area contributed by atoms with Crippen molar-refractivity contribution in [3.8, 4) is 11.4 Å². The topological polar surface area (TPSA) is 63.4 Å². The van der Waals surface area contributed by atoms with E-state index in [2.05, 4.69) is 15.0 Å². The van der Waals surface area contributed by atoms with E-state index in [1.807, 2.05) is 0 Å². The van der Waals surface area contributed by atoms with Crippen molar-refractivity contribution in [1.82, 2.24) is 14.8 Å². The lowest BCUT2D eigenvalue weighted by atomic mass is 10.1. The molecule has 0 unspecified atom stereocenters. The van der Waals surface area contributed by atoms with Gasteiger partial charge in [0.05, 0.1) is 41.7 Å². The van der Waals surface area contributed by atoms with Crippen LogP contribution in [0.3, 0.4) is 0 Å². The summed E-state index contributed by atoms with van der Waals surface area (Å²) in [7, 11) is 0. The number of aromatic nitrogens is 3. The smallest absolute Gasteiger partial charge is 0.419 e. The Labute approximate surface area is 172 Å². The van der Waals surface area contributed by atoms with Crippen molar-refractivity contribution >= 4 is 16.7 Å². The van der Waals surface area contributed by atoms with Crippen molar-refractivity contribution < 1.29 is 31.8 Å². The monoisotopic (exact) mass is 440 g/mol. The largest absolute Gasteiger partial charge is 0.503 e. The molecule has 164 valence electrons. The molecule has 1 N–H and O–H groups in total. The maximum atomic E-state index is 14.6. The molecule has 0 radical (unpaired) electrons. The number of phenols is 1. The highest BCUT2D eigenvalue weighted by Gasteiger charge is 2.50. The van der Waals surface area contributed by atoms with Crippen molar-refractivity contribution in [1.29, 1.82) is 0 Å². The average Bonchev–Trinajstić information content (AvgIpc) is 3.41. The fraction of sp³-hybridized carbons (Fsp3) is 0.400. The highest BCUT2D eigenvalue weighted by atomic mass is 19.4. The summed E-state index contributed by atoms with van der Waals surface area (Å²) in [6.45, 7) is 3.44. The van der Waals surface area contributed by atoms with E-state index in [1.54, 1.807) is 13.0 Å². The quantitative estimate of drug-likeness (QED) is 0.608. The van der Waals surface area contributed by atoms with Crippen LogP contribution in [0.25, 0.3) is 16.6 Å². The molecule has 2 fully saturated rings. The zero-order valence-electron chi connectivity index (χ0n) is 16.3. The van der Waals surface area contributed by atoms with E-state index in [-0.39, 0.29) is 11.1 Å². The number of aromatic hydroxyl groups is 1. The fourth-order valence-electron chi connectivity index (χ4n) is 4.10.